The Morgan fingerprint density at radius 2 is 1.93 bits per heavy atom. The Morgan fingerprint density at radius 1 is 1.21 bits per heavy atom. The van der Waals surface area contributed by atoms with Crippen molar-refractivity contribution in [2.45, 2.75) is 32.7 Å². The minimum atomic E-state index is -0.250. The average Bonchev–Trinajstić information content (AvgIpc) is 3.23. The van der Waals surface area contributed by atoms with Crippen molar-refractivity contribution in [2.24, 2.45) is 7.05 Å². The Hall–Kier alpha value is -3.00. The maximum atomic E-state index is 8.36. The van der Waals surface area contributed by atoms with Crippen LogP contribution in [0.5, 0.6) is 0 Å². The van der Waals surface area contributed by atoms with Gasteiger partial charge in [0.05, 0.1) is 17.9 Å². The van der Waals surface area contributed by atoms with Crippen molar-refractivity contribution >= 4 is 6.47 Å². The van der Waals surface area contributed by atoms with Gasteiger partial charge in [-0.15, -0.1) is 0 Å². The van der Waals surface area contributed by atoms with Crippen LogP contribution < -0.4 is 0 Å². The number of nitrogens with one attached hydrogen (secondary N) is 1. The second kappa shape index (κ2) is 9.27. The SMILES string of the molecule is CCc1n[nH]c(CN2CCc3nn(C)c(-c4ccccc4)c3CC2)n1.O=CO. The number of carbonyl (C=O) groups is 1. The smallest absolute Gasteiger partial charge is 0.290 e. The number of aromatic nitrogens is 5. The fourth-order valence-corrected chi connectivity index (χ4v) is 3.62. The van der Waals surface area contributed by atoms with Crippen LogP contribution in [0.3, 0.4) is 0 Å². The molecule has 28 heavy (non-hydrogen) atoms. The van der Waals surface area contributed by atoms with Crippen LogP contribution in [-0.2, 0) is 37.6 Å². The van der Waals surface area contributed by atoms with Gasteiger partial charge < -0.3 is 5.11 Å². The van der Waals surface area contributed by atoms with Crippen LogP contribution >= 0.6 is 0 Å². The van der Waals surface area contributed by atoms with Crippen molar-refractivity contribution in [3.05, 3.63) is 53.2 Å². The highest BCUT2D eigenvalue weighted by atomic mass is 16.3. The quantitative estimate of drug-likeness (QED) is 0.670. The molecule has 3 aromatic rings. The molecule has 2 aromatic heterocycles. The Kier molecular flexibility index (Phi) is 6.54. The first kappa shape index (κ1) is 19.8. The Labute approximate surface area is 164 Å². The first-order valence-electron chi connectivity index (χ1n) is 9.46. The molecular weight excluding hydrogens is 356 g/mol. The molecule has 1 aromatic carbocycles. The average molecular weight is 382 g/mol. The first-order chi connectivity index (χ1) is 13.7. The number of nitrogens with zero attached hydrogens (tertiary/aromatic N) is 5. The van der Waals surface area contributed by atoms with E-state index in [0.717, 1.165) is 50.5 Å². The van der Waals surface area contributed by atoms with Crippen LogP contribution in [-0.4, -0.2) is 54.5 Å². The monoisotopic (exact) mass is 382 g/mol. The standard InChI is InChI=1S/C19H24N6.CH2O2/c1-3-17-20-18(22-21-17)13-25-11-9-15-16(10-12-25)23-24(2)19(15)14-7-5-4-6-8-14;2-1-3/h4-8H,3,9-13H2,1-2H3,(H,20,21,22);1H,(H,2,3). The van der Waals surface area contributed by atoms with Gasteiger partial charge in [-0.25, -0.2) is 4.98 Å². The number of hydrogen-bond acceptors (Lipinski definition) is 5. The summed E-state index contributed by atoms with van der Waals surface area (Å²) in [7, 11) is 2.05. The summed E-state index contributed by atoms with van der Waals surface area (Å²) in [6.07, 6.45) is 2.86. The summed E-state index contributed by atoms with van der Waals surface area (Å²) in [4.78, 5) is 15.3. The van der Waals surface area contributed by atoms with Gasteiger partial charge in [-0.05, 0) is 6.42 Å². The van der Waals surface area contributed by atoms with Crippen LogP contribution in [0.15, 0.2) is 30.3 Å². The first-order valence-corrected chi connectivity index (χ1v) is 9.46. The summed E-state index contributed by atoms with van der Waals surface area (Å²) >= 11 is 0. The molecule has 0 saturated heterocycles. The second-order valence-corrected chi connectivity index (χ2v) is 6.70. The molecular formula is C20H26N6O2. The lowest BCUT2D eigenvalue weighted by molar-refractivity contribution is -0.122. The summed E-state index contributed by atoms with van der Waals surface area (Å²) in [5.41, 5.74) is 5.12. The van der Waals surface area contributed by atoms with Crippen molar-refractivity contribution < 1.29 is 9.90 Å². The van der Waals surface area contributed by atoms with Crippen molar-refractivity contribution in [3.8, 4) is 11.3 Å². The van der Waals surface area contributed by atoms with E-state index in [1.807, 2.05) is 4.68 Å². The van der Waals surface area contributed by atoms with Gasteiger partial charge in [0.25, 0.3) is 6.47 Å². The zero-order valence-corrected chi connectivity index (χ0v) is 16.3. The Bertz CT molecular complexity index is 903. The molecule has 0 bridgehead atoms. The van der Waals surface area contributed by atoms with E-state index >= 15 is 0 Å². The van der Waals surface area contributed by atoms with E-state index in [1.165, 1.54) is 22.5 Å². The van der Waals surface area contributed by atoms with Gasteiger partial charge in [0, 0.05) is 44.1 Å². The summed E-state index contributed by atoms with van der Waals surface area (Å²) in [6.45, 7) is 4.66. The van der Waals surface area contributed by atoms with E-state index in [9.17, 15) is 0 Å². The number of rotatable bonds is 4. The molecule has 0 saturated carbocycles. The van der Waals surface area contributed by atoms with E-state index in [1.54, 1.807) is 0 Å². The zero-order chi connectivity index (χ0) is 19.9. The van der Waals surface area contributed by atoms with Gasteiger partial charge in [-0.3, -0.25) is 19.5 Å². The van der Waals surface area contributed by atoms with Gasteiger partial charge >= 0.3 is 0 Å². The molecule has 0 radical (unpaired) electrons. The Balaban J connectivity index is 0.000000706. The fourth-order valence-electron chi connectivity index (χ4n) is 3.62. The molecule has 148 valence electrons. The molecule has 4 rings (SSSR count). The van der Waals surface area contributed by atoms with Crippen molar-refractivity contribution in [1.82, 2.24) is 29.9 Å². The van der Waals surface area contributed by atoms with Gasteiger partial charge in [0.15, 0.2) is 0 Å². The van der Waals surface area contributed by atoms with Crippen molar-refractivity contribution in [3.63, 3.8) is 0 Å². The highest BCUT2D eigenvalue weighted by Gasteiger charge is 2.22. The normalized spacial score (nSPS) is 13.9. The van der Waals surface area contributed by atoms with E-state index in [-0.39, 0.29) is 6.47 Å². The third-order valence-corrected chi connectivity index (χ3v) is 4.89. The van der Waals surface area contributed by atoms with Crippen molar-refractivity contribution in [2.75, 3.05) is 13.1 Å². The molecule has 1 aliphatic heterocycles. The maximum Gasteiger partial charge on any atom is 0.290 e. The topological polar surface area (TPSA) is 99.9 Å². The number of fused-ring (bicyclic) bond motifs is 1. The molecule has 3 heterocycles. The maximum absolute atomic E-state index is 8.36. The third-order valence-electron chi connectivity index (χ3n) is 4.89. The molecule has 0 spiro atoms. The van der Waals surface area contributed by atoms with Gasteiger partial charge in [-0.2, -0.15) is 10.2 Å². The predicted octanol–water partition coefficient (Wildman–Crippen LogP) is 2.07. The minimum absolute atomic E-state index is 0.250. The van der Waals surface area contributed by atoms with Crippen LogP contribution in [0.4, 0.5) is 0 Å². The molecule has 0 aliphatic carbocycles. The molecule has 0 unspecified atom stereocenters. The second-order valence-electron chi connectivity index (χ2n) is 6.70. The third kappa shape index (κ3) is 4.45. The number of hydrogen-bond donors (Lipinski definition) is 2. The Morgan fingerprint density at radius 3 is 2.61 bits per heavy atom. The summed E-state index contributed by atoms with van der Waals surface area (Å²) in [6, 6.07) is 10.6. The largest absolute Gasteiger partial charge is 0.483 e. The van der Waals surface area contributed by atoms with Crippen LogP contribution in [0.1, 0.15) is 29.8 Å². The van der Waals surface area contributed by atoms with E-state index in [0.29, 0.717) is 0 Å². The van der Waals surface area contributed by atoms with Crippen molar-refractivity contribution in [1.29, 1.82) is 0 Å². The summed E-state index contributed by atoms with van der Waals surface area (Å²) < 4.78 is 2.04. The van der Waals surface area contributed by atoms with E-state index < -0.39 is 0 Å². The van der Waals surface area contributed by atoms with Gasteiger partial charge in [0.2, 0.25) is 0 Å². The molecule has 8 nitrogen and oxygen atoms in total. The number of carboxylic acid groups (broad SMARTS) is 1. The lowest BCUT2D eigenvalue weighted by Crippen LogP contribution is -2.26. The van der Waals surface area contributed by atoms with Crippen LogP contribution in [0.2, 0.25) is 0 Å². The lowest BCUT2D eigenvalue weighted by atomic mass is 10.0. The van der Waals surface area contributed by atoms with Crippen LogP contribution in [0, 0.1) is 0 Å². The zero-order valence-electron chi connectivity index (χ0n) is 16.3. The lowest BCUT2D eigenvalue weighted by Gasteiger charge is -2.18. The van der Waals surface area contributed by atoms with E-state index in [2.05, 4.69) is 64.4 Å². The number of aryl methyl sites for hydroxylation is 2. The number of benzene rings is 1. The highest BCUT2D eigenvalue weighted by molar-refractivity contribution is 5.64. The molecule has 1 aliphatic rings. The van der Waals surface area contributed by atoms with Gasteiger partial charge in [-0.1, -0.05) is 37.3 Å². The molecule has 0 atom stereocenters. The van der Waals surface area contributed by atoms with E-state index in [4.69, 9.17) is 15.0 Å². The summed E-state index contributed by atoms with van der Waals surface area (Å²) in [5, 5.41) is 19.0. The predicted molar refractivity (Wildman–Crippen MR) is 106 cm³/mol. The number of H-pyrrole nitrogens is 1. The molecule has 0 amide bonds. The fraction of sp³-hybridized carbons (Fsp3) is 0.400. The number of aromatic amines is 1. The molecule has 8 heteroatoms. The van der Waals surface area contributed by atoms with Crippen LogP contribution in [0.25, 0.3) is 11.3 Å². The van der Waals surface area contributed by atoms with Gasteiger partial charge in [0.1, 0.15) is 11.6 Å². The summed E-state index contributed by atoms with van der Waals surface area (Å²) in [5.74, 6) is 1.85. The molecule has 0 fully saturated rings. The molecule has 2 N–H and O–H groups in total. The minimum Gasteiger partial charge on any atom is -0.483 e. The highest BCUT2D eigenvalue weighted by Crippen LogP contribution is 2.28.